The highest BCUT2D eigenvalue weighted by molar-refractivity contribution is 5.85. The Morgan fingerprint density at radius 1 is 0.955 bits per heavy atom. The summed E-state index contributed by atoms with van der Waals surface area (Å²) in [6, 6.07) is 8.46. The van der Waals surface area contributed by atoms with Crippen LogP contribution in [0.25, 0.3) is 0 Å². The lowest BCUT2D eigenvalue weighted by atomic mass is 9.80. The maximum absolute atomic E-state index is 9.54. The van der Waals surface area contributed by atoms with Gasteiger partial charge in [-0.3, -0.25) is 4.90 Å². The highest BCUT2D eigenvalue weighted by atomic mass is 35.5. The monoisotopic (exact) mass is 346 g/mol. The van der Waals surface area contributed by atoms with Crippen molar-refractivity contribution in [2.75, 3.05) is 26.2 Å². The molecule has 1 aliphatic carbocycles. The third-order valence-electron chi connectivity index (χ3n) is 4.88. The van der Waals surface area contributed by atoms with Crippen LogP contribution in [0.4, 0.5) is 0 Å². The Hall–Kier alpha value is -0.480. The van der Waals surface area contributed by atoms with Crippen LogP contribution in [0.15, 0.2) is 24.3 Å². The van der Waals surface area contributed by atoms with Gasteiger partial charge in [0.1, 0.15) is 5.75 Å². The summed E-state index contributed by atoms with van der Waals surface area (Å²) in [5.41, 5.74) is 1.39. The normalized spacial score (nSPS) is 21.5. The van der Waals surface area contributed by atoms with Crippen LogP contribution < -0.4 is 5.32 Å². The molecule has 3 nitrogen and oxygen atoms in total. The molecule has 0 unspecified atom stereocenters. The van der Waals surface area contributed by atoms with Gasteiger partial charge in [-0.25, -0.2) is 0 Å². The molecular weight excluding hydrogens is 319 g/mol. The molecule has 1 heterocycles. The molecule has 126 valence electrons. The Kier molecular flexibility index (Phi) is 8.55. The van der Waals surface area contributed by atoms with Crippen LogP contribution in [0.5, 0.6) is 5.75 Å². The molecule has 2 fully saturated rings. The van der Waals surface area contributed by atoms with Gasteiger partial charge in [0.05, 0.1) is 0 Å². The summed E-state index contributed by atoms with van der Waals surface area (Å²) in [6.07, 6.45) is 6.88. The lowest BCUT2D eigenvalue weighted by molar-refractivity contribution is 0.103. The number of phenols is 1. The van der Waals surface area contributed by atoms with Crippen LogP contribution in [0.1, 0.15) is 43.7 Å². The molecule has 22 heavy (non-hydrogen) atoms. The first-order valence-electron chi connectivity index (χ1n) is 8.08. The van der Waals surface area contributed by atoms with Crippen molar-refractivity contribution in [1.29, 1.82) is 0 Å². The lowest BCUT2D eigenvalue weighted by Crippen LogP contribution is -2.47. The van der Waals surface area contributed by atoms with Gasteiger partial charge in [-0.1, -0.05) is 31.4 Å². The fraction of sp³-hybridized carbons (Fsp3) is 0.647. The van der Waals surface area contributed by atoms with Crippen molar-refractivity contribution < 1.29 is 5.11 Å². The van der Waals surface area contributed by atoms with Gasteiger partial charge in [-0.2, -0.15) is 0 Å². The number of rotatable bonds is 3. The molecule has 0 aromatic heterocycles. The Morgan fingerprint density at radius 2 is 1.55 bits per heavy atom. The quantitative estimate of drug-likeness (QED) is 0.874. The van der Waals surface area contributed by atoms with E-state index in [2.05, 4.69) is 22.3 Å². The summed E-state index contributed by atoms with van der Waals surface area (Å²) >= 11 is 0. The summed E-state index contributed by atoms with van der Waals surface area (Å²) < 4.78 is 0. The number of phenolic OH excluding ortho intramolecular Hbond substituents is 1. The second kappa shape index (κ2) is 9.61. The van der Waals surface area contributed by atoms with Crippen molar-refractivity contribution in [2.45, 2.75) is 38.1 Å². The molecule has 2 aliphatic rings. The molecule has 1 saturated heterocycles. The molecule has 0 bridgehead atoms. The molecule has 1 atom stereocenters. The molecule has 1 aromatic rings. The van der Waals surface area contributed by atoms with E-state index < -0.39 is 0 Å². The van der Waals surface area contributed by atoms with Crippen LogP contribution in [0, 0.1) is 5.92 Å². The molecule has 1 saturated carbocycles. The first-order chi connectivity index (χ1) is 9.84. The fourth-order valence-corrected chi connectivity index (χ4v) is 3.86. The lowest BCUT2D eigenvalue weighted by Gasteiger charge is -2.41. The predicted molar refractivity (Wildman–Crippen MR) is 96.4 cm³/mol. The molecule has 0 radical (unpaired) electrons. The highest BCUT2D eigenvalue weighted by Crippen LogP contribution is 2.38. The maximum Gasteiger partial charge on any atom is 0.115 e. The zero-order valence-electron chi connectivity index (χ0n) is 13.0. The van der Waals surface area contributed by atoms with E-state index in [0.717, 1.165) is 32.1 Å². The van der Waals surface area contributed by atoms with E-state index in [9.17, 15) is 5.11 Å². The van der Waals surface area contributed by atoms with E-state index in [1.165, 1.54) is 37.7 Å². The first kappa shape index (κ1) is 19.6. The predicted octanol–water partition coefficient (Wildman–Crippen LogP) is 3.76. The van der Waals surface area contributed by atoms with Crippen LogP contribution in [-0.2, 0) is 0 Å². The van der Waals surface area contributed by atoms with Gasteiger partial charge in [-0.15, -0.1) is 24.8 Å². The van der Waals surface area contributed by atoms with Gasteiger partial charge in [-0.05, 0) is 36.5 Å². The van der Waals surface area contributed by atoms with Crippen molar-refractivity contribution in [1.82, 2.24) is 10.2 Å². The molecule has 0 spiro atoms. The standard InChI is InChI=1S/C17H26N2O.2ClH/c20-16-8-6-15(7-9-16)17(14-4-2-1-3-5-14)19-12-10-18-11-13-19;;/h6-9,14,17-18,20H,1-5,10-13H2;2*1H/t17-;;/m0../s1. The Balaban J connectivity index is 0.00000121. The summed E-state index contributed by atoms with van der Waals surface area (Å²) in [5, 5.41) is 13.0. The Labute approximate surface area is 146 Å². The molecular formula is C17H28Cl2N2O. The van der Waals surface area contributed by atoms with Gasteiger partial charge in [0.25, 0.3) is 0 Å². The number of halogens is 2. The zero-order valence-corrected chi connectivity index (χ0v) is 14.7. The average Bonchev–Trinajstić information content (AvgIpc) is 2.52. The Morgan fingerprint density at radius 3 is 2.14 bits per heavy atom. The number of nitrogens with zero attached hydrogens (tertiary/aromatic N) is 1. The van der Waals surface area contributed by atoms with Crippen molar-refractivity contribution in [2.24, 2.45) is 5.92 Å². The van der Waals surface area contributed by atoms with Gasteiger partial charge in [0, 0.05) is 32.2 Å². The third-order valence-corrected chi connectivity index (χ3v) is 4.88. The van der Waals surface area contributed by atoms with Crippen LogP contribution >= 0.6 is 24.8 Å². The molecule has 0 amide bonds. The molecule has 3 rings (SSSR count). The number of benzene rings is 1. The summed E-state index contributed by atoms with van der Waals surface area (Å²) in [6.45, 7) is 4.48. The van der Waals surface area contributed by atoms with Crippen LogP contribution in [-0.4, -0.2) is 36.2 Å². The van der Waals surface area contributed by atoms with Crippen molar-refractivity contribution >= 4 is 24.8 Å². The SMILES string of the molecule is Cl.Cl.Oc1ccc([C@H](C2CCCCC2)N2CCNCC2)cc1. The van der Waals surface area contributed by atoms with E-state index in [1.807, 2.05) is 12.1 Å². The van der Waals surface area contributed by atoms with E-state index >= 15 is 0 Å². The van der Waals surface area contributed by atoms with Gasteiger partial charge in [0.2, 0.25) is 0 Å². The second-order valence-electron chi connectivity index (χ2n) is 6.22. The highest BCUT2D eigenvalue weighted by Gasteiger charge is 2.30. The summed E-state index contributed by atoms with van der Waals surface area (Å²) in [4.78, 5) is 2.65. The second-order valence-corrected chi connectivity index (χ2v) is 6.22. The van der Waals surface area contributed by atoms with E-state index in [0.29, 0.717) is 11.8 Å². The number of hydrogen-bond acceptors (Lipinski definition) is 3. The smallest absolute Gasteiger partial charge is 0.115 e. The van der Waals surface area contributed by atoms with Gasteiger partial charge < -0.3 is 10.4 Å². The average molecular weight is 347 g/mol. The van der Waals surface area contributed by atoms with E-state index in [1.54, 1.807) is 0 Å². The van der Waals surface area contributed by atoms with E-state index in [4.69, 9.17) is 0 Å². The zero-order chi connectivity index (χ0) is 13.8. The number of nitrogens with one attached hydrogen (secondary N) is 1. The minimum atomic E-state index is 0. The summed E-state index contributed by atoms with van der Waals surface area (Å²) in [7, 11) is 0. The summed E-state index contributed by atoms with van der Waals surface area (Å²) in [5.74, 6) is 1.16. The minimum Gasteiger partial charge on any atom is -0.508 e. The van der Waals surface area contributed by atoms with Crippen LogP contribution in [0.3, 0.4) is 0 Å². The largest absolute Gasteiger partial charge is 0.508 e. The third kappa shape index (κ3) is 4.76. The molecule has 2 N–H and O–H groups in total. The van der Waals surface area contributed by atoms with Gasteiger partial charge >= 0.3 is 0 Å². The van der Waals surface area contributed by atoms with Crippen molar-refractivity contribution in [3.05, 3.63) is 29.8 Å². The van der Waals surface area contributed by atoms with E-state index in [-0.39, 0.29) is 24.8 Å². The first-order valence-corrected chi connectivity index (χ1v) is 8.08. The fourth-order valence-electron chi connectivity index (χ4n) is 3.86. The molecule has 1 aliphatic heterocycles. The number of piperazine rings is 1. The number of aromatic hydroxyl groups is 1. The Bertz CT molecular complexity index is 397. The van der Waals surface area contributed by atoms with Crippen LogP contribution in [0.2, 0.25) is 0 Å². The number of hydrogen-bond donors (Lipinski definition) is 2. The molecule has 5 heteroatoms. The van der Waals surface area contributed by atoms with Gasteiger partial charge in [0.15, 0.2) is 0 Å². The minimum absolute atomic E-state index is 0. The van der Waals surface area contributed by atoms with Crippen molar-refractivity contribution in [3.63, 3.8) is 0 Å². The molecule has 1 aromatic carbocycles. The van der Waals surface area contributed by atoms with Crippen molar-refractivity contribution in [3.8, 4) is 5.75 Å². The maximum atomic E-state index is 9.54. The topological polar surface area (TPSA) is 35.5 Å².